The summed E-state index contributed by atoms with van der Waals surface area (Å²) in [5.41, 5.74) is 6.28. The molecule has 90 valence electrons. The van der Waals surface area contributed by atoms with E-state index in [1.807, 2.05) is 13.0 Å². The maximum atomic E-state index is 11.8. The summed E-state index contributed by atoms with van der Waals surface area (Å²) in [5, 5.41) is 0. The summed E-state index contributed by atoms with van der Waals surface area (Å²) >= 11 is 2.18. The number of halogens is 1. The Kier molecular flexibility index (Phi) is 3.32. The fourth-order valence-electron chi connectivity index (χ4n) is 1.79. The van der Waals surface area contributed by atoms with E-state index in [1.54, 1.807) is 6.20 Å². The van der Waals surface area contributed by atoms with Gasteiger partial charge in [0.1, 0.15) is 5.82 Å². The predicted molar refractivity (Wildman–Crippen MR) is 71.3 cm³/mol. The zero-order valence-electron chi connectivity index (χ0n) is 9.31. The van der Waals surface area contributed by atoms with Gasteiger partial charge in [0, 0.05) is 22.7 Å². The Hall–Kier alpha value is -1.18. The second kappa shape index (κ2) is 4.59. The van der Waals surface area contributed by atoms with Crippen molar-refractivity contribution in [3.63, 3.8) is 0 Å². The van der Waals surface area contributed by atoms with Crippen LogP contribution < -0.4 is 10.6 Å². The first-order valence-electron chi connectivity index (χ1n) is 5.21. The van der Waals surface area contributed by atoms with Crippen molar-refractivity contribution in [2.75, 3.05) is 11.4 Å². The zero-order chi connectivity index (χ0) is 12.6. The van der Waals surface area contributed by atoms with Crippen LogP contribution in [0.25, 0.3) is 0 Å². The number of nitrogens with zero attached hydrogens (tertiary/aromatic N) is 2. The van der Waals surface area contributed by atoms with Gasteiger partial charge in [-0.1, -0.05) is 0 Å². The fourth-order valence-corrected chi connectivity index (χ4v) is 2.09. The van der Waals surface area contributed by atoms with E-state index in [9.17, 15) is 9.59 Å². The van der Waals surface area contributed by atoms with Gasteiger partial charge in [-0.05, 0) is 41.1 Å². The molecule has 1 atom stereocenters. The molecule has 1 unspecified atom stereocenters. The van der Waals surface area contributed by atoms with E-state index in [4.69, 9.17) is 5.73 Å². The highest BCUT2D eigenvalue weighted by atomic mass is 127. The first-order chi connectivity index (χ1) is 7.99. The van der Waals surface area contributed by atoms with Gasteiger partial charge in [0.2, 0.25) is 11.8 Å². The van der Waals surface area contributed by atoms with Crippen molar-refractivity contribution in [3.05, 3.63) is 21.4 Å². The number of carbonyl (C=O) groups is 2. The SMILES string of the molecule is Cc1cc(N2CC(C(N)=O)CC2=O)ncc1I. The molecule has 2 N–H and O–H groups in total. The van der Waals surface area contributed by atoms with E-state index in [0.717, 1.165) is 9.13 Å². The van der Waals surface area contributed by atoms with Gasteiger partial charge in [-0.15, -0.1) is 0 Å². The molecule has 0 spiro atoms. The number of anilines is 1. The van der Waals surface area contributed by atoms with Crippen LogP contribution >= 0.6 is 22.6 Å². The van der Waals surface area contributed by atoms with Crippen LogP contribution in [0, 0.1) is 16.4 Å². The predicted octanol–water partition coefficient (Wildman–Crippen LogP) is 0.833. The highest BCUT2D eigenvalue weighted by molar-refractivity contribution is 14.1. The van der Waals surface area contributed by atoms with E-state index >= 15 is 0 Å². The number of rotatable bonds is 2. The van der Waals surface area contributed by atoms with Crippen LogP contribution in [0.3, 0.4) is 0 Å². The number of amides is 2. The van der Waals surface area contributed by atoms with Gasteiger partial charge in [0.25, 0.3) is 0 Å². The topological polar surface area (TPSA) is 76.3 Å². The first kappa shape index (κ1) is 12.3. The lowest BCUT2D eigenvalue weighted by Gasteiger charge is -2.15. The molecule has 1 aliphatic heterocycles. The molecule has 0 aliphatic carbocycles. The Morgan fingerprint density at radius 1 is 1.65 bits per heavy atom. The summed E-state index contributed by atoms with van der Waals surface area (Å²) in [5.74, 6) is -0.328. The van der Waals surface area contributed by atoms with Crippen molar-refractivity contribution in [2.24, 2.45) is 11.7 Å². The van der Waals surface area contributed by atoms with Crippen LogP contribution in [0.2, 0.25) is 0 Å². The third-order valence-corrected chi connectivity index (χ3v) is 3.97. The minimum Gasteiger partial charge on any atom is -0.369 e. The number of pyridine rings is 1. The van der Waals surface area contributed by atoms with E-state index in [0.29, 0.717) is 12.4 Å². The van der Waals surface area contributed by atoms with E-state index in [1.165, 1.54) is 4.90 Å². The minimum atomic E-state index is -0.428. The number of hydrogen-bond donors (Lipinski definition) is 1. The Balaban J connectivity index is 2.26. The van der Waals surface area contributed by atoms with Crippen molar-refractivity contribution in [2.45, 2.75) is 13.3 Å². The molecule has 1 aliphatic rings. The van der Waals surface area contributed by atoms with Crippen molar-refractivity contribution in [1.82, 2.24) is 4.98 Å². The Morgan fingerprint density at radius 3 is 2.88 bits per heavy atom. The molecular weight excluding hydrogens is 333 g/mol. The fraction of sp³-hybridized carbons (Fsp3) is 0.364. The third-order valence-electron chi connectivity index (χ3n) is 2.84. The molecule has 17 heavy (non-hydrogen) atoms. The van der Waals surface area contributed by atoms with Crippen LogP contribution in [0.4, 0.5) is 5.82 Å². The number of aryl methyl sites for hydroxylation is 1. The summed E-state index contributed by atoms with van der Waals surface area (Å²) in [6.07, 6.45) is 1.90. The second-order valence-electron chi connectivity index (χ2n) is 4.10. The number of hydrogen-bond acceptors (Lipinski definition) is 3. The maximum Gasteiger partial charge on any atom is 0.229 e. The molecule has 0 bridgehead atoms. The van der Waals surface area contributed by atoms with Gasteiger partial charge in [-0.3, -0.25) is 14.5 Å². The Labute approximate surface area is 113 Å². The van der Waals surface area contributed by atoms with E-state index in [-0.39, 0.29) is 12.3 Å². The monoisotopic (exact) mass is 345 g/mol. The molecule has 1 saturated heterocycles. The maximum absolute atomic E-state index is 11.8. The van der Waals surface area contributed by atoms with E-state index < -0.39 is 11.8 Å². The number of nitrogens with two attached hydrogens (primary N) is 1. The molecule has 1 aromatic rings. The van der Waals surface area contributed by atoms with Gasteiger partial charge in [-0.2, -0.15) is 0 Å². The molecule has 1 fully saturated rings. The van der Waals surface area contributed by atoms with Gasteiger partial charge in [0.15, 0.2) is 0 Å². The highest BCUT2D eigenvalue weighted by Crippen LogP contribution is 2.25. The van der Waals surface area contributed by atoms with Crippen molar-refractivity contribution in [1.29, 1.82) is 0 Å². The number of aromatic nitrogens is 1. The molecule has 0 saturated carbocycles. The molecule has 0 radical (unpaired) electrons. The first-order valence-corrected chi connectivity index (χ1v) is 6.28. The number of carbonyl (C=O) groups excluding carboxylic acids is 2. The van der Waals surface area contributed by atoms with E-state index in [2.05, 4.69) is 27.6 Å². The molecular formula is C11H12IN3O2. The van der Waals surface area contributed by atoms with Crippen LogP contribution in [0.15, 0.2) is 12.3 Å². The molecule has 1 aromatic heterocycles. The average molecular weight is 345 g/mol. The van der Waals surface area contributed by atoms with Crippen LogP contribution in [0.1, 0.15) is 12.0 Å². The van der Waals surface area contributed by atoms with Crippen LogP contribution in [-0.2, 0) is 9.59 Å². The third kappa shape index (κ3) is 2.41. The molecule has 2 heterocycles. The second-order valence-corrected chi connectivity index (χ2v) is 5.26. The Morgan fingerprint density at radius 2 is 2.35 bits per heavy atom. The largest absolute Gasteiger partial charge is 0.369 e. The zero-order valence-corrected chi connectivity index (χ0v) is 11.5. The van der Waals surface area contributed by atoms with Crippen molar-refractivity contribution < 1.29 is 9.59 Å². The quantitative estimate of drug-likeness (QED) is 0.807. The van der Waals surface area contributed by atoms with Crippen LogP contribution in [0.5, 0.6) is 0 Å². The summed E-state index contributed by atoms with van der Waals surface area (Å²) in [6, 6.07) is 1.85. The summed E-state index contributed by atoms with van der Waals surface area (Å²) in [6.45, 7) is 2.29. The minimum absolute atomic E-state index is 0.0955. The van der Waals surface area contributed by atoms with Crippen molar-refractivity contribution >= 4 is 40.2 Å². The average Bonchev–Trinajstić information content (AvgIpc) is 2.65. The normalized spacial score (nSPS) is 19.8. The number of primary amides is 1. The molecule has 5 nitrogen and oxygen atoms in total. The smallest absolute Gasteiger partial charge is 0.229 e. The Bertz CT molecular complexity index is 490. The molecule has 0 aromatic carbocycles. The van der Waals surface area contributed by atoms with Gasteiger partial charge >= 0.3 is 0 Å². The summed E-state index contributed by atoms with van der Waals surface area (Å²) < 4.78 is 1.05. The lowest BCUT2D eigenvalue weighted by Crippen LogP contribution is -2.29. The van der Waals surface area contributed by atoms with Gasteiger partial charge < -0.3 is 5.73 Å². The standard InChI is InChI=1S/C11H12IN3O2/c1-6-2-9(14-4-8(6)12)15-5-7(11(13)17)3-10(15)16/h2,4,7H,3,5H2,1H3,(H2,13,17). The van der Waals surface area contributed by atoms with Crippen molar-refractivity contribution in [3.8, 4) is 0 Å². The lowest BCUT2D eigenvalue weighted by molar-refractivity contribution is -0.123. The molecule has 6 heteroatoms. The molecule has 2 amide bonds. The lowest BCUT2D eigenvalue weighted by atomic mass is 10.1. The van der Waals surface area contributed by atoms with Gasteiger partial charge in [0.05, 0.1) is 5.92 Å². The molecule has 2 rings (SSSR count). The van der Waals surface area contributed by atoms with Crippen LogP contribution in [-0.4, -0.2) is 23.3 Å². The highest BCUT2D eigenvalue weighted by Gasteiger charge is 2.34. The van der Waals surface area contributed by atoms with Gasteiger partial charge in [-0.25, -0.2) is 4.98 Å². The summed E-state index contributed by atoms with van der Waals surface area (Å²) in [4.78, 5) is 28.6. The summed E-state index contributed by atoms with van der Waals surface area (Å²) in [7, 11) is 0.